The number of aromatic nitrogens is 2. The molecule has 0 saturated carbocycles. The number of carbonyl (C=O) groups is 1. The van der Waals surface area contributed by atoms with Gasteiger partial charge in [0, 0.05) is 30.9 Å². The number of likely N-dealkylation sites (N-methyl/N-ethyl adjacent to an activating group) is 1. The van der Waals surface area contributed by atoms with Crippen molar-refractivity contribution in [2.24, 2.45) is 0 Å². The van der Waals surface area contributed by atoms with Crippen LogP contribution in [0.2, 0.25) is 0 Å². The van der Waals surface area contributed by atoms with Crippen molar-refractivity contribution >= 4 is 5.91 Å². The Morgan fingerprint density at radius 3 is 2.59 bits per heavy atom. The molecular formula is C12H22N4O. The average molecular weight is 238 g/mol. The minimum atomic E-state index is -0.00459. The van der Waals surface area contributed by atoms with E-state index < -0.39 is 0 Å². The SMILES string of the molecule is CCn1nc(C)c(C(C)NCC(=O)NC)c1C. The molecule has 1 aromatic heterocycles. The number of nitrogens with zero attached hydrogens (tertiary/aromatic N) is 2. The molecule has 5 heteroatoms. The molecule has 0 fully saturated rings. The molecule has 1 heterocycles. The smallest absolute Gasteiger partial charge is 0.233 e. The molecule has 17 heavy (non-hydrogen) atoms. The topological polar surface area (TPSA) is 59.0 Å². The minimum absolute atomic E-state index is 0.00459. The third-order valence-corrected chi connectivity index (χ3v) is 3.02. The van der Waals surface area contributed by atoms with Crippen molar-refractivity contribution in [2.75, 3.05) is 13.6 Å². The minimum Gasteiger partial charge on any atom is -0.358 e. The van der Waals surface area contributed by atoms with Gasteiger partial charge in [0.25, 0.3) is 0 Å². The van der Waals surface area contributed by atoms with Gasteiger partial charge < -0.3 is 10.6 Å². The summed E-state index contributed by atoms with van der Waals surface area (Å²) in [7, 11) is 1.64. The summed E-state index contributed by atoms with van der Waals surface area (Å²) in [4.78, 5) is 11.2. The number of carbonyl (C=O) groups excluding carboxylic acids is 1. The molecule has 0 radical (unpaired) electrons. The molecule has 5 nitrogen and oxygen atoms in total. The van der Waals surface area contributed by atoms with E-state index in [-0.39, 0.29) is 11.9 Å². The van der Waals surface area contributed by atoms with Gasteiger partial charge in [-0.05, 0) is 27.7 Å². The van der Waals surface area contributed by atoms with E-state index in [1.807, 2.05) is 11.6 Å². The molecule has 0 aliphatic rings. The van der Waals surface area contributed by atoms with Gasteiger partial charge in [-0.15, -0.1) is 0 Å². The molecule has 1 aromatic rings. The first-order valence-electron chi connectivity index (χ1n) is 5.99. The van der Waals surface area contributed by atoms with Gasteiger partial charge in [0.1, 0.15) is 0 Å². The van der Waals surface area contributed by atoms with E-state index in [0.717, 1.165) is 12.2 Å². The van der Waals surface area contributed by atoms with Crippen molar-refractivity contribution in [3.05, 3.63) is 17.0 Å². The van der Waals surface area contributed by atoms with Crippen LogP contribution in [0.25, 0.3) is 0 Å². The maximum Gasteiger partial charge on any atom is 0.233 e. The first-order valence-corrected chi connectivity index (χ1v) is 5.99. The van der Waals surface area contributed by atoms with E-state index in [4.69, 9.17) is 0 Å². The molecule has 1 amide bonds. The van der Waals surface area contributed by atoms with Crippen molar-refractivity contribution < 1.29 is 4.79 Å². The second-order valence-electron chi connectivity index (χ2n) is 4.18. The fourth-order valence-electron chi connectivity index (χ4n) is 2.08. The highest BCUT2D eigenvalue weighted by Gasteiger charge is 2.16. The Labute approximate surface area is 103 Å². The summed E-state index contributed by atoms with van der Waals surface area (Å²) >= 11 is 0. The highest BCUT2D eigenvalue weighted by atomic mass is 16.1. The maximum atomic E-state index is 11.2. The monoisotopic (exact) mass is 238 g/mol. The van der Waals surface area contributed by atoms with Gasteiger partial charge in [-0.3, -0.25) is 9.48 Å². The van der Waals surface area contributed by atoms with Gasteiger partial charge in [-0.1, -0.05) is 0 Å². The molecule has 0 aromatic carbocycles. The molecule has 1 atom stereocenters. The Balaban J connectivity index is 2.78. The molecule has 0 aliphatic heterocycles. The van der Waals surface area contributed by atoms with Gasteiger partial charge in [0.05, 0.1) is 12.2 Å². The van der Waals surface area contributed by atoms with E-state index in [9.17, 15) is 4.79 Å². The summed E-state index contributed by atoms with van der Waals surface area (Å²) in [6, 6.07) is 0.132. The second kappa shape index (κ2) is 5.82. The summed E-state index contributed by atoms with van der Waals surface area (Å²) in [5.41, 5.74) is 3.39. The van der Waals surface area contributed by atoms with E-state index in [0.29, 0.717) is 6.54 Å². The van der Waals surface area contributed by atoms with Crippen LogP contribution < -0.4 is 10.6 Å². The zero-order chi connectivity index (χ0) is 13.0. The largest absolute Gasteiger partial charge is 0.358 e. The number of hydrogen-bond acceptors (Lipinski definition) is 3. The van der Waals surface area contributed by atoms with E-state index >= 15 is 0 Å². The van der Waals surface area contributed by atoms with Crippen molar-refractivity contribution in [1.29, 1.82) is 0 Å². The summed E-state index contributed by atoms with van der Waals surface area (Å²) < 4.78 is 1.99. The summed E-state index contributed by atoms with van der Waals surface area (Å²) in [5.74, 6) is -0.00459. The predicted molar refractivity (Wildman–Crippen MR) is 67.9 cm³/mol. The lowest BCUT2D eigenvalue weighted by Crippen LogP contribution is -2.33. The normalized spacial score (nSPS) is 12.5. The summed E-state index contributed by atoms with van der Waals surface area (Å²) in [5, 5.41) is 10.3. The van der Waals surface area contributed by atoms with Crippen molar-refractivity contribution in [2.45, 2.75) is 40.3 Å². The molecule has 0 spiro atoms. The summed E-state index contributed by atoms with van der Waals surface area (Å²) in [6.07, 6.45) is 0. The number of nitrogens with one attached hydrogen (secondary N) is 2. The fraction of sp³-hybridized carbons (Fsp3) is 0.667. The fourth-order valence-corrected chi connectivity index (χ4v) is 2.08. The molecule has 0 saturated heterocycles. The molecular weight excluding hydrogens is 216 g/mol. The van der Waals surface area contributed by atoms with Gasteiger partial charge in [0.2, 0.25) is 5.91 Å². The molecule has 0 aliphatic carbocycles. The Morgan fingerprint density at radius 1 is 1.47 bits per heavy atom. The summed E-state index contributed by atoms with van der Waals surface area (Å²) in [6.45, 7) is 9.40. The van der Waals surface area contributed by atoms with Crippen LogP contribution in [0.1, 0.15) is 36.8 Å². The molecule has 1 rings (SSSR count). The van der Waals surface area contributed by atoms with E-state index in [1.165, 1.54) is 11.3 Å². The van der Waals surface area contributed by atoms with Crippen molar-refractivity contribution in [3.8, 4) is 0 Å². The zero-order valence-corrected chi connectivity index (χ0v) is 11.3. The number of rotatable bonds is 5. The third kappa shape index (κ3) is 3.06. The van der Waals surface area contributed by atoms with Crippen LogP contribution in [0.4, 0.5) is 0 Å². The lowest BCUT2D eigenvalue weighted by atomic mass is 10.1. The van der Waals surface area contributed by atoms with Gasteiger partial charge >= 0.3 is 0 Å². The lowest BCUT2D eigenvalue weighted by molar-refractivity contribution is -0.119. The van der Waals surface area contributed by atoms with Crippen LogP contribution >= 0.6 is 0 Å². The molecule has 96 valence electrons. The molecule has 2 N–H and O–H groups in total. The van der Waals surface area contributed by atoms with Gasteiger partial charge in [-0.25, -0.2) is 0 Å². The highest BCUT2D eigenvalue weighted by Crippen LogP contribution is 2.20. The first kappa shape index (κ1) is 13.7. The number of aryl methyl sites for hydroxylation is 2. The van der Waals surface area contributed by atoms with Gasteiger partial charge in [0.15, 0.2) is 0 Å². The number of hydrogen-bond donors (Lipinski definition) is 2. The maximum absolute atomic E-state index is 11.2. The standard InChI is InChI=1S/C12H22N4O/c1-6-16-10(4)12(9(3)15-16)8(2)14-7-11(17)13-5/h8,14H,6-7H2,1-5H3,(H,13,17). The van der Waals surface area contributed by atoms with Gasteiger partial charge in [-0.2, -0.15) is 5.10 Å². The zero-order valence-electron chi connectivity index (χ0n) is 11.3. The van der Waals surface area contributed by atoms with Crippen LogP contribution in [0.5, 0.6) is 0 Å². The van der Waals surface area contributed by atoms with E-state index in [2.05, 4.69) is 36.5 Å². The third-order valence-electron chi connectivity index (χ3n) is 3.02. The Morgan fingerprint density at radius 2 is 2.12 bits per heavy atom. The molecule has 1 unspecified atom stereocenters. The lowest BCUT2D eigenvalue weighted by Gasteiger charge is -2.14. The average Bonchev–Trinajstić information content (AvgIpc) is 2.60. The Kier molecular flexibility index (Phi) is 4.69. The van der Waals surface area contributed by atoms with Crippen molar-refractivity contribution in [1.82, 2.24) is 20.4 Å². The Bertz CT molecular complexity index is 397. The number of amides is 1. The van der Waals surface area contributed by atoms with Crippen LogP contribution in [0, 0.1) is 13.8 Å². The first-order chi connectivity index (χ1) is 8.01. The van der Waals surface area contributed by atoms with Crippen molar-refractivity contribution in [3.63, 3.8) is 0 Å². The van der Waals surface area contributed by atoms with Crippen LogP contribution in [-0.2, 0) is 11.3 Å². The predicted octanol–water partition coefficient (Wildman–Crippen LogP) is 0.916. The van der Waals surface area contributed by atoms with Crippen LogP contribution in [0.15, 0.2) is 0 Å². The quantitative estimate of drug-likeness (QED) is 0.802. The second-order valence-corrected chi connectivity index (χ2v) is 4.18. The van der Waals surface area contributed by atoms with E-state index in [1.54, 1.807) is 7.05 Å². The highest BCUT2D eigenvalue weighted by molar-refractivity contribution is 5.77. The van der Waals surface area contributed by atoms with Crippen LogP contribution in [0.3, 0.4) is 0 Å². The molecule has 0 bridgehead atoms. The Hall–Kier alpha value is -1.36. The van der Waals surface area contributed by atoms with Crippen LogP contribution in [-0.4, -0.2) is 29.3 Å².